The summed E-state index contributed by atoms with van der Waals surface area (Å²) in [7, 11) is -3.65. The third-order valence-corrected chi connectivity index (χ3v) is 8.19. The predicted octanol–water partition coefficient (Wildman–Crippen LogP) is 3.72. The van der Waals surface area contributed by atoms with Crippen molar-refractivity contribution in [3.05, 3.63) is 54.1 Å². The van der Waals surface area contributed by atoms with E-state index >= 15 is 0 Å². The molecule has 0 aliphatic carbocycles. The first-order valence-electron chi connectivity index (χ1n) is 10.00. The van der Waals surface area contributed by atoms with Crippen LogP contribution in [0.4, 0.5) is 5.69 Å². The summed E-state index contributed by atoms with van der Waals surface area (Å²) in [6.07, 6.45) is 0.619. The normalized spacial score (nSPS) is 15.9. The Labute approximate surface area is 182 Å². The fourth-order valence-corrected chi connectivity index (χ4v) is 5.54. The van der Waals surface area contributed by atoms with Gasteiger partial charge in [-0.2, -0.15) is 0 Å². The van der Waals surface area contributed by atoms with Crippen LogP contribution in [0.1, 0.15) is 32.3 Å². The number of thioether (sulfide) groups is 1. The molecule has 3 rings (SSSR count). The molecule has 2 amide bonds. The number of nitrogens with zero attached hydrogens (tertiary/aromatic N) is 1. The van der Waals surface area contributed by atoms with Gasteiger partial charge >= 0.3 is 0 Å². The average molecular weight is 447 g/mol. The van der Waals surface area contributed by atoms with Crippen molar-refractivity contribution in [1.82, 2.24) is 4.90 Å². The van der Waals surface area contributed by atoms with E-state index in [0.29, 0.717) is 25.2 Å². The van der Waals surface area contributed by atoms with Crippen LogP contribution in [0.5, 0.6) is 0 Å². The van der Waals surface area contributed by atoms with E-state index in [1.165, 1.54) is 17.8 Å². The zero-order valence-corrected chi connectivity index (χ0v) is 18.8. The summed E-state index contributed by atoms with van der Waals surface area (Å²) in [5.74, 6) is -0.578. The Kier molecular flexibility index (Phi) is 7.20. The molecule has 2 aromatic carbocycles. The molecule has 6 nitrogen and oxygen atoms in total. The minimum atomic E-state index is -3.65. The van der Waals surface area contributed by atoms with Crippen molar-refractivity contribution < 1.29 is 18.0 Å². The van der Waals surface area contributed by atoms with Crippen LogP contribution in [0.2, 0.25) is 0 Å². The number of carbonyl (C=O) groups excluding carboxylic acids is 2. The molecule has 1 aliphatic heterocycles. The van der Waals surface area contributed by atoms with Gasteiger partial charge in [0.2, 0.25) is 11.8 Å². The van der Waals surface area contributed by atoms with Gasteiger partial charge in [0.1, 0.15) is 0 Å². The molecule has 8 heteroatoms. The number of benzene rings is 2. The number of rotatable bonds is 8. The second-order valence-electron chi connectivity index (χ2n) is 7.12. The number of amides is 2. The third kappa shape index (κ3) is 5.23. The minimum Gasteiger partial charge on any atom is -0.339 e. The lowest BCUT2D eigenvalue weighted by molar-refractivity contribution is -0.131. The van der Waals surface area contributed by atoms with Gasteiger partial charge in [-0.3, -0.25) is 9.59 Å². The average Bonchev–Trinajstić information content (AvgIpc) is 2.75. The molecule has 0 fully saturated rings. The first-order valence-corrected chi connectivity index (χ1v) is 12.5. The summed E-state index contributed by atoms with van der Waals surface area (Å²) < 4.78 is 25.6. The first kappa shape index (κ1) is 22.4. The summed E-state index contributed by atoms with van der Waals surface area (Å²) in [4.78, 5) is 27.3. The van der Waals surface area contributed by atoms with Gasteiger partial charge in [-0.05, 0) is 37.1 Å². The summed E-state index contributed by atoms with van der Waals surface area (Å²) in [6, 6.07) is 14.4. The topological polar surface area (TPSA) is 83.6 Å². The van der Waals surface area contributed by atoms with E-state index in [1.54, 1.807) is 17.0 Å². The highest BCUT2D eigenvalue weighted by Gasteiger charge is 2.27. The summed E-state index contributed by atoms with van der Waals surface area (Å²) in [6.45, 7) is 4.78. The van der Waals surface area contributed by atoms with Crippen molar-refractivity contribution in [3.63, 3.8) is 0 Å². The molecular formula is C22H26N2O4S2. The van der Waals surface area contributed by atoms with Crippen LogP contribution in [0, 0.1) is 0 Å². The lowest BCUT2D eigenvalue weighted by Gasteiger charge is -2.23. The van der Waals surface area contributed by atoms with E-state index in [9.17, 15) is 18.0 Å². The maximum atomic E-state index is 12.8. The van der Waals surface area contributed by atoms with E-state index in [1.807, 2.05) is 44.2 Å². The van der Waals surface area contributed by atoms with E-state index in [-0.39, 0.29) is 34.1 Å². The highest BCUT2D eigenvalue weighted by Crippen LogP contribution is 2.38. The number of anilines is 1. The van der Waals surface area contributed by atoms with Crippen molar-refractivity contribution in [2.45, 2.75) is 48.3 Å². The van der Waals surface area contributed by atoms with E-state index in [2.05, 4.69) is 5.32 Å². The molecule has 0 spiro atoms. The Morgan fingerprint density at radius 2 is 1.87 bits per heavy atom. The molecule has 0 saturated carbocycles. The van der Waals surface area contributed by atoms with Crippen LogP contribution in [0.15, 0.2) is 58.3 Å². The van der Waals surface area contributed by atoms with Gasteiger partial charge in [-0.25, -0.2) is 8.42 Å². The SMILES string of the molecule is CC[C@H]1Sc2ccc(S(=O)(=O)CCC(=O)N(CC)Cc3ccccc3)cc2NC1=O. The molecule has 1 atom stereocenters. The quantitative estimate of drug-likeness (QED) is 0.668. The molecule has 30 heavy (non-hydrogen) atoms. The lowest BCUT2D eigenvalue weighted by atomic mass is 10.2. The van der Waals surface area contributed by atoms with E-state index < -0.39 is 9.84 Å². The molecule has 0 bridgehead atoms. The highest BCUT2D eigenvalue weighted by molar-refractivity contribution is 8.01. The van der Waals surface area contributed by atoms with Gasteiger partial charge in [-0.15, -0.1) is 11.8 Å². The standard InChI is InChI=1S/C22H26N2O4S2/c1-3-19-22(26)23-18-14-17(10-11-20(18)29-19)30(27,28)13-12-21(25)24(4-2)15-16-8-6-5-7-9-16/h5-11,14,19H,3-4,12-13,15H2,1-2H3,(H,23,26)/t19-/m1/s1. The van der Waals surface area contributed by atoms with Crippen molar-refractivity contribution in [1.29, 1.82) is 0 Å². The maximum absolute atomic E-state index is 12.8. The zero-order valence-electron chi connectivity index (χ0n) is 17.1. The molecule has 1 aliphatic rings. The number of hydrogen-bond acceptors (Lipinski definition) is 5. The summed E-state index contributed by atoms with van der Waals surface area (Å²) in [5, 5.41) is 2.63. The first-order chi connectivity index (χ1) is 14.3. The van der Waals surface area contributed by atoms with Crippen molar-refractivity contribution in [2.24, 2.45) is 0 Å². The van der Waals surface area contributed by atoms with Crippen LogP contribution >= 0.6 is 11.8 Å². The molecule has 2 aromatic rings. The zero-order chi connectivity index (χ0) is 21.7. The monoisotopic (exact) mass is 446 g/mol. The maximum Gasteiger partial charge on any atom is 0.237 e. The Hall–Kier alpha value is -2.32. The number of hydrogen-bond donors (Lipinski definition) is 1. The van der Waals surface area contributed by atoms with Crippen molar-refractivity contribution in [3.8, 4) is 0 Å². The highest BCUT2D eigenvalue weighted by atomic mass is 32.2. The van der Waals surface area contributed by atoms with Crippen LogP contribution in [0.3, 0.4) is 0 Å². The minimum absolute atomic E-state index is 0.0842. The van der Waals surface area contributed by atoms with Gasteiger partial charge in [0.15, 0.2) is 9.84 Å². The Bertz CT molecular complexity index is 1020. The molecule has 0 aromatic heterocycles. The van der Waals surface area contributed by atoms with Gasteiger partial charge in [-0.1, -0.05) is 37.3 Å². The van der Waals surface area contributed by atoms with E-state index in [0.717, 1.165) is 10.5 Å². The largest absolute Gasteiger partial charge is 0.339 e. The second-order valence-corrected chi connectivity index (χ2v) is 10.5. The number of carbonyl (C=O) groups is 2. The van der Waals surface area contributed by atoms with Crippen molar-refractivity contribution >= 4 is 39.1 Å². The van der Waals surface area contributed by atoms with Crippen LogP contribution in [0.25, 0.3) is 0 Å². The molecule has 0 unspecified atom stereocenters. The molecular weight excluding hydrogens is 420 g/mol. The van der Waals surface area contributed by atoms with Gasteiger partial charge in [0.25, 0.3) is 0 Å². The van der Waals surface area contributed by atoms with E-state index in [4.69, 9.17) is 0 Å². The summed E-state index contributed by atoms with van der Waals surface area (Å²) in [5.41, 5.74) is 1.52. The van der Waals surface area contributed by atoms with Gasteiger partial charge < -0.3 is 10.2 Å². The fraction of sp³-hybridized carbons (Fsp3) is 0.364. The van der Waals surface area contributed by atoms with Gasteiger partial charge in [0, 0.05) is 24.4 Å². The number of sulfone groups is 1. The third-order valence-electron chi connectivity index (χ3n) is 5.04. The van der Waals surface area contributed by atoms with Crippen LogP contribution in [-0.4, -0.2) is 42.7 Å². The molecule has 0 radical (unpaired) electrons. The molecule has 0 saturated heterocycles. The van der Waals surface area contributed by atoms with Crippen LogP contribution in [-0.2, 0) is 26.0 Å². The molecule has 1 N–H and O–H groups in total. The van der Waals surface area contributed by atoms with Crippen LogP contribution < -0.4 is 5.32 Å². The summed E-state index contributed by atoms with van der Waals surface area (Å²) >= 11 is 1.44. The van der Waals surface area contributed by atoms with Gasteiger partial charge in [0.05, 0.1) is 21.6 Å². The fourth-order valence-electron chi connectivity index (χ4n) is 3.27. The second kappa shape index (κ2) is 9.66. The molecule has 160 valence electrons. The number of nitrogens with one attached hydrogen (secondary N) is 1. The number of fused-ring (bicyclic) bond motifs is 1. The Balaban J connectivity index is 1.67. The lowest BCUT2D eigenvalue weighted by Crippen LogP contribution is -2.31. The Morgan fingerprint density at radius 1 is 1.13 bits per heavy atom. The van der Waals surface area contributed by atoms with Crippen molar-refractivity contribution in [2.75, 3.05) is 17.6 Å². The predicted molar refractivity (Wildman–Crippen MR) is 119 cm³/mol. The molecule has 1 heterocycles. The smallest absolute Gasteiger partial charge is 0.237 e. The Morgan fingerprint density at radius 3 is 2.53 bits per heavy atom.